The molecule has 0 fully saturated rings. The van der Waals surface area contributed by atoms with E-state index in [0.29, 0.717) is 13.1 Å². The highest BCUT2D eigenvalue weighted by Crippen LogP contribution is 2.38. The van der Waals surface area contributed by atoms with E-state index in [1.54, 1.807) is 0 Å². The molecule has 1 aliphatic heterocycles. The summed E-state index contributed by atoms with van der Waals surface area (Å²) in [6.07, 6.45) is 2.07. The number of carbonyl (C=O) groups excluding carboxylic acids is 1. The SMILES string of the molecule is Cc1nn(-c2ccccc2)c2c1CN(C(=O)NCc1ccccc1)C(c1ccccc1)c1cccn1-2. The molecule has 36 heavy (non-hydrogen) atoms. The van der Waals surface area contributed by atoms with Crippen molar-refractivity contribution in [3.63, 3.8) is 0 Å². The number of rotatable bonds is 4. The highest BCUT2D eigenvalue weighted by molar-refractivity contribution is 5.76. The second-order valence-corrected chi connectivity index (χ2v) is 9.02. The van der Waals surface area contributed by atoms with E-state index in [9.17, 15) is 4.79 Å². The van der Waals surface area contributed by atoms with Crippen LogP contribution in [0.1, 0.15) is 34.1 Å². The van der Waals surface area contributed by atoms with E-state index in [1.807, 2.05) is 89.3 Å². The number of nitrogens with one attached hydrogen (secondary N) is 1. The predicted octanol–water partition coefficient (Wildman–Crippen LogP) is 5.79. The molecule has 0 bridgehead atoms. The number of benzene rings is 3. The van der Waals surface area contributed by atoms with E-state index in [2.05, 4.69) is 46.4 Å². The first-order valence-electron chi connectivity index (χ1n) is 12.2. The van der Waals surface area contributed by atoms with Crippen LogP contribution in [0.25, 0.3) is 11.5 Å². The largest absolute Gasteiger partial charge is 0.334 e. The molecule has 0 radical (unpaired) electrons. The molecule has 3 aromatic carbocycles. The van der Waals surface area contributed by atoms with Crippen LogP contribution in [-0.4, -0.2) is 25.3 Å². The first kappa shape index (κ1) is 21.9. The summed E-state index contributed by atoms with van der Waals surface area (Å²) >= 11 is 0. The van der Waals surface area contributed by atoms with Gasteiger partial charge >= 0.3 is 6.03 Å². The quantitative estimate of drug-likeness (QED) is 0.359. The average molecular weight is 474 g/mol. The fourth-order valence-corrected chi connectivity index (χ4v) is 5.01. The van der Waals surface area contributed by atoms with Crippen LogP contribution in [0, 0.1) is 6.92 Å². The fourth-order valence-electron chi connectivity index (χ4n) is 5.01. The van der Waals surface area contributed by atoms with Gasteiger partial charge in [-0.3, -0.25) is 0 Å². The van der Waals surface area contributed by atoms with E-state index in [-0.39, 0.29) is 12.1 Å². The molecule has 1 N–H and O–H groups in total. The summed E-state index contributed by atoms with van der Waals surface area (Å²) in [6, 6.07) is 34.2. The Kier molecular flexibility index (Phi) is 5.62. The van der Waals surface area contributed by atoms with E-state index in [0.717, 1.165) is 39.6 Å². The molecule has 1 aliphatic rings. The van der Waals surface area contributed by atoms with Crippen LogP contribution in [0.5, 0.6) is 0 Å². The summed E-state index contributed by atoms with van der Waals surface area (Å²) < 4.78 is 4.17. The van der Waals surface area contributed by atoms with E-state index < -0.39 is 0 Å². The van der Waals surface area contributed by atoms with E-state index in [1.165, 1.54) is 0 Å². The van der Waals surface area contributed by atoms with Gasteiger partial charge in [-0.2, -0.15) is 5.10 Å². The zero-order valence-corrected chi connectivity index (χ0v) is 20.1. The second-order valence-electron chi connectivity index (χ2n) is 9.02. The van der Waals surface area contributed by atoms with Gasteiger partial charge in [-0.05, 0) is 42.3 Å². The molecule has 1 unspecified atom stereocenters. The number of hydrogen-bond donors (Lipinski definition) is 1. The Labute approximate surface area is 210 Å². The van der Waals surface area contributed by atoms with Gasteiger partial charge in [0.05, 0.1) is 29.7 Å². The van der Waals surface area contributed by atoms with Gasteiger partial charge in [0.15, 0.2) is 0 Å². The van der Waals surface area contributed by atoms with Gasteiger partial charge in [0, 0.05) is 18.3 Å². The average Bonchev–Trinajstić information content (AvgIpc) is 3.49. The molecule has 178 valence electrons. The summed E-state index contributed by atoms with van der Waals surface area (Å²) in [5.74, 6) is 0.970. The maximum atomic E-state index is 13.8. The van der Waals surface area contributed by atoms with Crippen molar-refractivity contribution in [1.82, 2.24) is 24.6 Å². The topological polar surface area (TPSA) is 55.1 Å². The zero-order chi connectivity index (χ0) is 24.5. The van der Waals surface area contributed by atoms with Crippen molar-refractivity contribution in [2.24, 2.45) is 0 Å². The molecule has 2 amide bonds. The Morgan fingerprint density at radius 2 is 1.56 bits per heavy atom. The molecule has 1 atom stereocenters. The predicted molar refractivity (Wildman–Crippen MR) is 140 cm³/mol. The molecule has 5 aromatic rings. The molecule has 2 aromatic heterocycles. The third kappa shape index (κ3) is 3.86. The van der Waals surface area contributed by atoms with Crippen molar-refractivity contribution < 1.29 is 4.79 Å². The minimum Gasteiger partial charge on any atom is -0.334 e. The van der Waals surface area contributed by atoms with Gasteiger partial charge < -0.3 is 14.8 Å². The summed E-state index contributed by atoms with van der Waals surface area (Å²) in [6.45, 7) is 2.92. The number of carbonyl (C=O) groups is 1. The Balaban J connectivity index is 1.48. The molecule has 3 heterocycles. The van der Waals surface area contributed by atoms with Crippen molar-refractivity contribution in [3.8, 4) is 11.5 Å². The summed E-state index contributed by atoms with van der Waals surface area (Å²) in [5.41, 5.74) is 6.07. The molecule has 0 aliphatic carbocycles. The molecule has 6 rings (SSSR count). The lowest BCUT2D eigenvalue weighted by atomic mass is 10.0. The van der Waals surface area contributed by atoms with Crippen molar-refractivity contribution in [3.05, 3.63) is 137 Å². The Bertz CT molecular complexity index is 1490. The van der Waals surface area contributed by atoms with Crippen molar-refractivity contribution >= 4 is 6.03 Å². The molecule has 0 saturated carbocycles. The zero-order valence-electron chi connectivity index (χ0n) is 20.1. The monoisotopic (exact) mass is 473 g/mol. The molecular formula is C30H27N5O. The molecule has 6 heteroatoms. The normalized spacial score (nSPS) is 14.6. The molecule has 0 spiro atoms. The minimum atomic E-state index is -0.256. The van der Waals surface area contributed by atoms with E-state index >= 15 is 0 Å². The van der Waals surface area contributed by atoms with Crippen molar-refractivity contribution in [1.29, 1.82) is 0 Å². The van der Waals surface area contributed by atoms with E-state index in [4.69, 9.17) is 5.10 Å². The summed E-state index contributed by atoms with van der Waals surface area (Å²) in [5, 5.41) is 8.06. The highest BCUT2D eigenvalue weighted by atomic mass is 16.2. The third-order valence-corrected chi connectivity index (χ3v) is 6.75. The van der Waals surface area contributed by atoms with Crippen molar-refractivity contribution in [2.75, 3.05) is 0 Å². The highest BCUT2D eigenvalue weighted by Gasteiger charge is 2.35. The van der Waals surface area contributed by atoms with Crippen molar-refractivity contribution in [2.45, 2.75) is 26.1 Å². The number of urea groups is 1. The standard InChI is InChI=1S/C30H27N5O/c1-22-26-21-34(30(36)31-20-23-12-5-2-6-13-23)28(24-14-7-3-8-15-24)27-18-11-19-33(27)29(26)35(32-22)25-16-9-4-10-17-25/h2-19,28H,20-21H2,1H3,(H,31,36). The fraction of sp³-hybridized carbons (Fsp3) is 0.133. The van der Waals surface area contributed by atoms with Crippen LogP contribution in [-0.2, 0) is 13.1 Å². The maximum Gasteiger partial charge on any atom is 0.318 e. The second kappa shape index (κ2) is 9.23. The smallest absolute Gasteiger partial charge is 0.318 e. The van der Waals surface area contributed by atoms with Gasteiger partial charge in [-0.1, -0.05) is 78.9 Å². The van der Waals surface area contributed by atoms with Crippen LogP contribution >= 0.6 is 0 Å². The number of aromatic nitrogens is 3. The van der Waals surface area contributed by atoms with Crippen LogP contribution < -0.4 is 5.32 Å². The van der Waals surface area contributed by atoms with Crippen LogP contribution in [0.3, 0.4) is 0 Å². The molecule has 6 nitrogen and oxygen atoms in total. The lowest BCUT2D eigenvalue weighted by Gasteiger charge is -2.31. The van der Waals surface area contributed by atoms with Crippen LogP contribution in [0.4, 0.5) is 4.79 Å². The minimum absolute atomic E-state index is 0.111. The Morgan fingerprint density at radius 1 is 0.889 bits per heavy atom. The number of nitrogens with zero attached hydrogens (tertiary/aromatic N) is 4. The maximum absolute atomic E-state index is 13.8. The third-order valence-electron chi connectivity index (χ3n) is 6.75. The number of hydrogen-bond acceptors (Lipinski definition) is 2. The number of aryl methyl sites for hydroxylation is 1. The number of amides is 2. The first-order valence-corrected chi connectivity index (χ1v) is 12.2. The summed E-state index contributed by atoms with van der Waals surface area (Å²) in [4.78, 5) is 15.7. The Morgan fingerprint density at radius 3 is 2.28 bits per heavy atom. The first-order chi connectivity index (χ1) is 17.7. The van der Waals surface area contributed by atoms with Gasteiger partial charge in [-0.15, -0.1) is 0 Å². The summed E-state index contributed by atoms with van der Waals surface area (Å²) in [7, 11) is 0. The van der Waals surface area contributed by atoms with Crippen LogP contribution in [0.15, 0.2) is 109 Å². The lowest BCUT2D eigenvalue weighted by molar-refractivity contribution is 0.180. The van der Waals surface area contributed by atoms with Gasteiger partial charge in [0.2, 0.25) is 0 Å². The Hall–Kier alpha value is -4.58. The van der Waals surface area contributed by atoms with Gasteiger partial charge in [-0.25, -0.2) is 9.48 Å². The number of para-hydroxylation sites is 1. The molecule has 0 saturated heterocycles. The molecular weight excluding hydrogens is 446 g/mol. The number of fused-ring (bicyclic) bond motifs is 3. The lowest BCUT2D eigenvalue weighted by Crippen LogP contribution is -2.41. The van der Waals surface area contributed by atoms with Gasteiger partial charge in [0.1, 0.15) is 5.82 Å². The van der Waals surface area contributed by atoms with Crippen LogP contribution in [0.2, 0.25) is 0 Å². The van der Waals surface area contributed by atoms with Gasteiger partial charge in [0.25, 0.3) is 0 Å².